The van der Waals surface area contributed by atoms with Crippen LogP contribution in [-0.2, 0) is 23.2 Å². The number of rotatable bonds is 3. The maximum Gasteiger partial charge on any atom is 0.420 e. The average Bonchev–Trinajstić information content (AvgIpc) is 2.94. The van der Waals surface area contributed by atoms with E-state index in [1.54, 1.807) is 0 Å². The van der Waals surface area contributed by atoms with Crippen LogP contribution in [0.1, 0.15) is 18.4 Å². The molecule has 2 aliphatic rings. The van der Waals surface area contributed by atoms with E-state index >= 15 is 0 Å². The van der Waals surface area contributed by atoms with E-state index in [2.05, 4.69) is 10.00 Å². The van der Waals surface area contributed by atoms with Crippen molar-refractivity contribution in [2.45, 2.75) is 30.1 Å². The molecule has 1 aromatic rings. The summed E-state index contributed by atoms with van der Waals surface area (Å²) in [6, 6.07) is 0.111. The van der Waals surface area contributed by atoms with Crippen molar-refractivity contribution in [3.05, 3.63) is 11.8 Å². The zero-order valence-corrected chi connectivity index (χ0v) is 12.9. The van der Waals surface area contributed by atoms with Crippen LogP contribution in [0.4, 0.5) is 13.2 Å². The minimum Gasteiger partial charge on any atom is -0.298 e. The summed E-state index contributed by atoms with van der Waals surface area (Å²) in [5.74, 6) is 0. The molecule has 0 aromatic carbocycles. The number of sulfonamides is 1. The molecule has 0 radical (unpaired) electrons. The molecule has 0 atom stereocenters. The van der Waals surface area contributed by atoms with Gasteiger partial charge in [-0.3, -0.25) is 9.58 Å². The molecule has 0 N–H and O–H groups in total. The highest BCUT2D eigenvalue weighted by Gasteiger charge is 2.46. The Bertz CT molecular complexity index is 658. The molecule has 124 valence electrons. The molecule has 6 nitrogen and oxygen atoms in total. The molecule has 2 aliphatic heterocycles. The van der Waals surface area contributed by atoms with Gasteiger partial charge in [-0.25, -0.2) is 8.42 Å². The number of likely N-dealkylation sites (tertiary alicyclic amines) is 1. The van der Waals surface area contributed by atoms with Crippen molar-refractivity contribution in [2.24, 2.45) is 7.05 Å². The van der Waals surface area contributed by atoms with Gasteiger partial charge in [0, 0.05) is 26.2 Å². The Balaban J connectivity index is 1.82. The molecule has 0 amide bonds. The Labute approximate surface area is 126 Å². The Morgan fingerprint density at radius 1 is 1.23 bits per heavy atom. The van der Waals surface area contributed by atoms with Crippen LogP contribution in [0.2, 0.25) is 0 Å². The quantitative estimate of drug-likeness (QED) is 0.822. The predicted molar refractivity (Wildman–Crippen MR) is 71.6 cm³/mol. The summed E-state index contributed by atoms with van der Waals surface area (Å²) in [6.07, 6.45) is -2.01. The summed E-state index contributed by atoms with van der Waals surface area (Å²) >= 11 is 0. The molecule has 0 spiro atoms. The monoisotopic (exact) mass is 338 g/mol. The van der Waals surface area contributed by atoms with Crippen LogP contribution in [0, 0.1) is 0 Å². The third-order valence-electron chi connectivity index (χ3n) is 4.26. The normalized spacial score (nSPS) is 22.2. The van der Waals surface area contributed by atoms with Gasteiger partial charge in [-0.15, -0.1) is 0 Å². The Kier molecular flexibility index (Phi) is 3.73. The van der Waals surface area contributed by atoms with Crippen LogP contribution in [0.15, 0.2) is 11.2 Å². The van der Waals surface area contributed by atoms with Crippen LogP contribution >= 0.6 is 0 Å². The van der Waals surface area contributed by atoms with Crippen molar-refractivity contribution in [1.82, 2.24) is 19.0 Å². The second kappa shape index (κ2) is 5.20. The first-order valence-corrected chi connectivity index (χ1v) is 8.48. The topological polar surface area (TPSA) is 58.4 Å². The summed E-state index contributed by atoms with van der Waals surface area (Å²) in [5, 5.41) is 2.69. The van der Waals surface area contributed by atoms with Gasteiger partial charge in [0.05, 0.1) is 6.20 Å². The van der Waals surface area contributed by atoms with E-state index in [0.717, 1.165) is 34.9 Å². The average molecular weight is 338 g/mol. The third-order valence-corrected chi connectivity index (χ3v) is 6.21. The molecule has 0 saturated carbocycles. The van der Waals surface area contributed by atoms with Gasteiger partial charge in [-0.1, -0.05) is 0 Å². The lowest BCUT2D eigenvalue weighted by Crippen LogP contribution is -2.60. The highest BCUT2D eigenvalue weighted by atomic mass is 32.2. The minimum absolute atomic E-state index is 0.111. The van der Waals surface area contributed by atoms with Crippen LogP contribution in [0.25, 0.3) is 0 Å². The van der Waals surface area contributed by atoms with Crippen molar-refractivity contribution in [2.75, 3.05) is 26.2 Å². The van der Waals surface area contributed by atoms with Crippen molar-refractivity contribution in [3.63, 3.8) is 0 Å². The van der Waals surface area contributed by atoms with E-state index in [0.29, 0.717) is 6.20 Å². The van der Waals surface area contributed by atoms with E-state index in [1.165, 1.54) is 7.05 Å². The van der Waals surface area contributed by atoms with Crippen LogP contribution < -0.4 is 0 Å². The molecule has 22 heavy (non-hydrogen) atoms. The lowest BCUT2D eigenvalue weighted by molar-refractivity contribution is -0.140. The minimum atomic E-state index is -4.74. The van der Waals surface area contributed by atoms with Gasteiger partial charge in [0.2, 0.25) is 0 Å². The van der Waals surface area contributed by atoms with Gasteiger partial charge < -0.3 is 0 Å². The Morgan fingerprint density at radius 3 is 2.36 bits per heavy atom. The first-order valence-electron chi connectivity index (χ1n) is 7.04. The summed E-state index contributed by atoms with van der Waals surface area (Å²) in [5.41, 5.74) is -1.21. The number of hydrogen-bond donors (Lipinski definition) is 0. The molecule has 0 bridgehead atoms. The van der Waals surface area contributed by atoms with E-state index < -0.39 is 26.8 Å². The molecule has 2 saturated heterocycles. The van der Waals surface area contributed by atoms with Gasteiger partial charge in [0.25, 0.3) is 10.0 Å². The molecular formula is C12H17F3N4O2S. The predicted octanol–water partition coefficient (Wildman–Crippen LogP) is 0.908. The highest BCUT2D eigenvalue weighted by Crippen LogP contribution is 2.36. The van der Waals surface area contributed by atoms with Gasteiger partial charge in [0.15, 0.2) is 5.03 Å². The van der Waals surface area contributed by atoms with Crippen molar-refractivity contribution >= 4 is 10.0 Å². The molecule has 10 heteroatoms. The number of alkyl halides is 3. The maximum absolute atomic E-state index is 13.0. The fourth-order valence-electron chi connectivity index (χ4n) is 3.00. The van der Waals surface area contributed by atoms with E-state index in [-0.39, 0.29) is 19.1 Å². The molecule has 1 aromatic heterocycles. The van der Waals surface area contributed by atoms with Crippen molar-refractivity contribution in [3.8, 4) is 0 Å². The summed E-state index contributed by atoms with van der Waals surface area (Å²) in [6.45, 7) is 2.34. The van der Waals surface area contributed by atoms with Crippen LogP contribution in [-0.4, -0.2) is 59.6 Å². The van der Waals surface area contributed by atoms with E-state index in [1.807, 2.05) is 0 Å². The van der Waals surface area contributed by atoms with Gasteiger partial charge in [0.1, 0.15) is 5.56 Å². The summed E-state index contributed by atoms with van der Waals surface area (Å²) in [4.78, 5) is 2.19. The first kappa shape index (κ1) is 15.8. The van der Waals surface area contributed by atoms with Gasteiger partial charge in [-0.2, -0.15) is 22.6 Å². The standard InChI is InChI=1S/C12H17F3N4O2S/c1-17-11(10(6-16-17)12(13,14)15)22(20,21)19-7-9(8-19)18-4-2-3-5-18/h6,9H,2-5,7-8H2,1H3. The SMILES string of the molecule is Cn1ncc(C(F)(F)F)c1S(=O)(=O)N1CC(N2CCCC2)C1. The second-order valence-corrected chi connectivity index (χ2v) is 7.56. The highest BCUT2D eigenvalue weighted by molar-refractivity contribution is 7.89. The van der Waals surface area contributed by atoms with E-state index in [9.17, 15) is 21.6 Å². The lowest BCUT2D eigenvalue weighted by Gasteiger charge is -2.42. The fraction of sp³-hybridized carbons (Fsp3) is 0.750. The smallest absolute Gasteiger partial charge is 0.298 e. The van der Waals surface area contributed by atoms with Crippen LogP contribution in [0.5, 0.6) is 0 Å². The van der Waals surface area contributed by atoms with Crippen LogP contribution in [0.3, 0.4) is 0 Å². The Morgan fingerprint density at radius 2 is 1.82 bits per heavy atom. The maximum atomic E-state index is 13.0. The summed E-state index contributed by atoms with van der Waals surface area (Å²) < 4.78 is 65.7. The molecule has 3 heterocycles. The second-order valence-electron chi connectivity index (χ2n) is 5.70. The number of halogens is 3. The number of aromatic nitrogens is 2. The molecule has 0 unspecified atom stereocenters. The lowest BCUT2D eigenvalue weighted by atomic mass is 10.1. The zero-order chi connectivity index (χ0) is 16.1. The van der Waals surface area contributed by atoms with Crippen molar-refractivity contribution < 1.29 is 21.6 Å². The fourth-order valence-corrected chi connectivity index (χ4v) is 4.81. The summed E-state index contributed by atoms with van der Waals surface area (Å²) in [7, 11) is -2.97. The molecule has 3 rings (SSSR count). The number of nitrogens with zero attached hydrogens (tertiary/aromatic N) is 4. The molecular weight excluding hydrogens is 321 g/mol. The molecule has 0 aliphatic carbocycles. The Hall–Kier alpha value is -1.13. The van der Waals surface area contributed by atoms with E-state index in [4.69, 9.17) is 0 Å². The zero-order valence-electron chi connectivity index (χ0n) is 12.0. The van der Waals surface area contributed by atoms with Crippen molar-refractivity contribution in [1.29, 1.82) is 0 Å². The third kappa shape index (κ3) is 2.52. The number of aryl methyl sites for hydroxylation is 1. The first-order chi connectivity index (χ1) is 10.2. The number of hydrogen-bond acceptors (Lipinski definition) is 4. The molecule has 2 fully saturated rings. The van der Waals surface area contributed by atoms with Gasteiger partial charge in [-0.05, 0) is 25.9 Å². The van der Waals surface area contributed by atoms with Gasteiger partial charge >= 0.3 is 6.18 Å². The largest absolute Gasteiger partial charge is 0.420 e.